The predicted octanol–water partition coefficient (Wildman–Crippen LogP) is 2.95. The van der Waals surface area contributed by atoms with Crippen LogP contribution in [0.5, 0.6) is 0 Å². The van der Waals surface area contributed by atoms with Gasteiger partial charge in [-0.25, -0.2) is 4.98 Å². The zero-order chi connectivity index (χ0) is 13.0. The Bertz CT molecular complexity index is 531. The van der Waals surface area contributed by atoms with Crippen LogP contribution < -0.4 is 11.1 Å². The molecule has 0 radical (unpaired) electrons. The molecule has 0 aliphatic heterocycles. The molecule has 0 saturated heterocycles. The summed E-state index contributed by atoms with van der Waals surface area (Å²) in [7, 11) is 0. The second-order valence-electron chi connectivity index (χ2n) is 3.87. The van der Waals surface area contributed by atoms with Crippen LogP contribution in [0.15, 0.2) is 29.8 Å². The fourth-order valence-corrected chi connectivity index (χ4v) is 2.69. The van der Waals surface area contributed by atoms with E-state index >= 15 is 0 Å². The molecule has 0 aliphatic rings. The van der Waals surface area contributed by atoms with Gasteiger partial charge in [-0.15, -0.1) is 11.3 Å². The summed E-state index contributed by atoms with van der Waals surface area (Å²) in [4.78, 5) is 6.02. The molecule has 2 rings (SSSR count). The lowest BCUT2D eigenvalue weighted by Crippen LogP contribution is -2.10. The maximum atomic E-state index is 5.53. The van der Waals surface area contributed by atoms with Gasteiger partial charge >= 0.3 is 0 Å². The molecule has 0 aliphatic carbocycles. The van der Waals surface area contributed by atoms with Crippen LogP contribution in [0.2, 0.25) is 0 Å². The van der Waals surface area contributed by atoms with Crippen LogP contribution >= 0.6 is 23.6 Å². The lowest BCUT2D eigenvalue weighted by molar-refractivity contribution is 1.07. The van der Waals surface area contributed by atoms with Crippen LogP contribution in [0.4, 0.5) is 5.82 Å². The zero-order valence-corrected chi connectivity index (χ0v) is 11.8. The van der Waals surface area contributed by atoms with E-state index in [0.717, 1.165) is 24.3 Å². The number of rotatable bonds is 5. The molecule has 3 N–H and O–H groups in total. The van der Waals surface area contributed by atoms with Crippen molar-refractivity contribution in [1.82, 2.24) is 4.98 Å². The number of aryl methyl sites for hydroxylation is 1. The fraction of sp³-hybridized carbons (Fsp3) is 0.231. The van der Waals surface area contributed by atoms with Crippen LogP contribution in [0.3, 0.4) is 0 Å². The first-order valence-corrected chi connectivity index (χ1v) is 7.04. The molecule has 0 aromatic carbocycles. The third-order valence-electron chi connectivity index (χ3n) is 2.70. The Morgan fingerprint density at radius 1 is 1.44 bits per heavy atom. The Kier molecular flexibility index (Phi) is 4.28. The van der Waals surface area contributed by atoms with E-state index in [4.69, 9.17) is 18.0 Å². The highest BCUT2D eigenvalue weighted by Crippen LogP contribution is 2.18. The largest absolute Gasteiger partial charge is 0.389 e. The molecule has 3 nitrogen and oxygen atoms in total. The molecular weight excluding hydrogens is 262 g/mol. The third kappa shape index (κ3) is 3.05. The Hall–Kier alpha value is -1.46. The van der Waals surface area contributed by atoms with E-state index in [0.29, 0.717) is 4.99 Å². The van der Waals surface area contributed by atoms with Crippen molar-refractivity contribution in [3.8, 4) is 0 Å². The van der Waals surface area contributed by atoms with Crippen molar-refractivity contribution in [1.29, 1.82) is 0 Å². The number of nitrogens with two attached hydrogens (primary N) is 1. The predicted molar refractivity (Wildman–Crippen MR) is 81.1 cm³/mol. The lowest BCUT2D eigenvalue weighted by atomic mass is 10.2. The van der Waals surface area contributed by atoms with Gasteiger partial charge in [-0.3, -0.25) is 0 Å². The number of nitrogens with zero attached hydrogens (tertiary/aromatic N) is 1. The van der Waals surface area contributed by atoms with Gasteiger partial charge in [0.1, 0.15) is 10.8 Å². The van der Waals surface area contributed by atoms with Crippen molar-refractivity contribution in [2.75, 3.05) is 5.32 Å². The van der Waals surface area contributed by atoms with Crippen molar-refractivity contribution in [3.05, 3.63) is 45.8 Å². The SMILES string of the molecule is CCc1ccsc1CNc1ccc(C(N)=S)cn1. The minimum Gasteiger partial charge on any atom is -0.389 e. The van der Waals surface area contributed by atoms with E-state index in [1.54, 1.807) is 17.5 Å². The van der Waals surface area contributed by atoms with Crippen LogP contribution in [-0.2, 0) is 13.0 Å². The summed E-state index contributed by atoms with van der Waals surface area (Å²) >= 11 is 6.66. The van der Waals surface area contributed by atoms with Gasteiger partial charge in [0.15, 0.2) is 0 Å². The lowest BCUT2D eigenvalue weighted by Gasteiger charge is -2.06. The fourth-order valence-electron chi connectivity index (χ4n) is 1.65. The number of thiocarbonyl (C=S) groups is 1. The highest BCUT2D eigenvalue weighted by atomic mass is 32.1. The molecule has 2 aromatic rings. The number of aromatic nitrogens is 1. The Labute approximate surface area is 116 Å². The van der Waals surface area contributed by atoms with Crippen LogP contribution in [0.25, 0.3) is 0 Å². The van der Waals surface area contributed by atoms with Gasteiger partial charge in [0.2, 0.25) is 0 Å². The molecule has 18 heavy (non-hydrogen) atoms. The second-order valence-corrected chi connectivity index (χ2v) is 5.31. The molecule has 0 amide bonds. The van der Waals surface area contributed by atoms with Crippen molar-refractivity contribution in [2.45, 2.75) is 19.9 Å². The first-order chi connectivity index (χ1) is 8.70. The van der Waals surface area contributed by atoms with Gasteiger partial charge in [-0.1, -0.05) is 19.1 Å². The first-order valence-electron chi connectivity index (χ1n) is 5.75. The van der Waals surface area contributed by atoms with Crippen LogP contribution in [0.1, 0.15) is 22.9 Å². The number of thiophene rings is 1. The monoisotopic (exact) mass is 277 g/mol. The quantitative estimate of drug-likeness (QED) is 0.825. The van der Waals surface area contributed by atoms with Gasteiger partial charge in [0.05, 0.1) is 6.54 Å². The van der Waals surface area contributed by atoms with E-state index in [1.165, 1.54) is 10.4 Å². The number of anilines is 1. The molecule has 2 aromatic heterocycles. The average Bonchev–Trinajstić information content (AvgIpc) is 2.84. The number of nitrogens with one attached hydrogen (secondary N) is 1. The molecule has 0 spiro atoms. The standard InChI is InChI=1S/C13H15N3S2/c1-2-9-5-6-18-11(9)8-16-12-4-3-10(7-15-12)13(14)17/h3-7H,2,8H2,1H3,(H2,14,17)(H,15,16). The number of hydrogen-bond acceptors (Lipinski definition) is 4. The van der Waals surface area contributed by atoms with Crippen LogP contribution in [0, 0.1) is 0 Å². The van der Waals surface area contributed by atoms with E-state index in [1.807, 2.05) is 12.1 Å². The summed E-state index contributed by atoms with van der Waals surface area (Å²) in [6.07, 6.45) is 2.76. The van der Waals surface area contributed by atoms with E-state index in [9.17, 15) is 0 Å². The molecular formula is C13H15N3S2. The number of hydrogen-bond donors (Lipinski definition) is 2. The third-order valence-corrected chi connectivity index (χ3v) is 3.90. The Morgan fingerprint density at radius 3 is 2.89 bits per heavy atom. The summed E-state index contributed by atoms with van der Waals surface area (Å²) < 4.78 is 0. The normalized spacial score (nSPS) is 10.3. The maximum Gasteiger partial charge on any atom is 0.126 e. The zero-order valence-electron chi connectivity index (χ0n) is 10.1. The van der Waals surface area contributed by atoms with Crippen molar-refractivity contribution in [3.63, 3.8) is 0 Å². The average molecular weight is 277 g/mol. The Morgan fingerprint density at radius 2 is 2.28 bits per heavy atom. The summed E-state index contributed by atoms with van der Waals surface area (Å²) in [6, 6.07) is 5.95. The summed E-state index contributed by atoms with van der Waals surface area (Å²) in [5, 5.41) is 5.43. The molecule has 0 saturated carbocycles. The highest BCUT2D eigenvalue weighted by molar-refractivity contribution is 7.80. The smallest absolute Gasteiger partial charge is 0.126 e. The van der Waals surface area contributed by atoms with E-state index in [2.05, 4.69) is 28.7 Å². The minimum atomic E-state index is 0.376. The van der Waals surface area contributed by atoms with Gasteiger partial charge in [0, 0.05) is 16.6 Å². The van der Waals surface area contributed by atoms with E-state index < -0.39 is 0 Å². The summed E-state index contributed by atoms with van der Waals surface area (Å²) in [6.45, 7) is 2.97. The topological polar surface area (TPSA) is 50.9 Å². The molecule has 0 atom stereocenters. The van der Waals surface area contributed by atoms with Gasteiger partial charge < -0.3 is 11.1 Å². The first kappa shape index (κ1) is 13.0. The molecule has 5 heteroatoms. The van der Waals surface area contributed by atoms with Crippen molar-refractivity contribution >= 4 is 34.4 Å². The second kappa shape index (κ2) is 5.93. The molecule has 0 bridgehead atoms. The molecule has 0 fully saturated rings. The molecule has 94 valence electrons. The van der Waals surface area contributed by atoms with Crippen molar-refractivity contribution < 1.29 is 0 Å². The van der Waals surface area contributed by atoms with Gasteiger partial charge in [0.25, 0.3) is 0 Å². The van der Waals surface area contributed by atoms with E-state index in [-0.39, 0.29) is 0 Å². The summed E-state index contributed by atoms with van der Waals surface area (Å²) in [5.74, 6) is 0.838. The van der Waals surface area contributed by atoms with Gasteiger partial charge in [-0.05, 0) is 35.6 Å². The molecule has 0 unspecified atom stereocenters. The van der Waals surface area contributed by atoms with Crippen molar-refractivity contribution in [2.24, 2.45) is 5.73 Å². The minimum absolute atomic E-state index is 0.376. The Balaban J connectivity index is 2.00. The molecule has 2 heterocycles. The van der Waals surface area contributed by atoms with Gasteiger partial charge in [-0.2, -0.15) is 0 Å². The number of pyridine rings is 1. The highest BCUT2D eigenvalue weighted by Gasteiger charge is 2.03. The summed E-state index contributed by atoms with van der Waals surface area (Å²) in [5.41, 5.74) is 7.71. The maximum absolute atomic E-state index is 5.53. The van der Waals surface area contributed by atoms with Crippen LogP contribution in [-0.4, -0.2) is 9.97 Å².